The third-order valence-electron chi connectivity index (χ3n) is 2.40. The highest BCUT2D eigenvalue weighted by Gasteiger charge is 2.02. The molecule has 0 spiro atoms. The lowest BCUT2D eigenvalue weighted by atomic mass is 10.1. The first-order chi connectivity index (χ1) is 6.92. The summed E-state index contributed by atoms with van der Waals surface area (Å²) in [7, 11) is 0. The molecule has 2 aromatic heterocycles. The first-order valence-electron chi connectivity index (χ1n) is 4.88. The molecule has 2 rings (SSSR count). The van der Waals surface area contributed by atoms with Crippen LogP contribution in [-0.4, -0.2) is 15.8 Å². The zero-order valence-corrected chi connectivity index (χ0v) is 8.72. The maximum absolute atomic E-state index is 5.64. The molecule has 0 aromatic carbocycles. The fourth-order valence-corrected chi connectivity index (χ4v) is 1.82. The van der Waals surface area contributed by atoms with E-state index in [4.69, 9.17) is 11.6 Å². The summed E-state index contributed by atoms with van der Waals surface area (Å²) in [6, 6.07) is 2.00. The number of pyridine rings is 1. The van der Waals surface area contributed by atoms with E-state index < -0.39 is 0 Å². The fraction of sp³-hybridized carbons (Fsp3) is 0.364. The summed E-state index contributed by atoms with van der Waals surface area (Å²) in [5.74, 6) is 0.751. The molecular weight excluding hydrogens is 196 g/mol. The highest BCUT2D eigenvalue weighted by atomic mass is 35.5. The van der Waals surface area contributed by atoms with Crippen LogP contribution < -0.4 is 0 Å². The Labute approximate surface area is 88.3 Å². The summed E-state index contributed by atoms with van der Waals surface area (Å²) in [5, 5.41) is 1.24. The summed E-state index contributed by atoms with van der Waals surface area (Å²) in [5.41, 5.74) is 2.51. The van der Waals surface area contributed by atoms with Gasteiger partial charge in [-0.1, -0.05) is 0 Å². The molecule has 0 saturated heterocycles. The van der Waals surface area contributed by atoms with E-state index in [1.54, 1.807) is 6.20 Å². The number of rotatable bonds is 4. The van der Waals surface area contributed by atoms with Crippen LogP contribution in [0.5, 0.6) is 0 Å². The lowest BCUT2D eigenvalue weighted by molar-refractivity contribution is 0.803. The van der Waals surface area contributed by atoms with Crippen LogP contribution in [0.15, 0.2) is 24.7 Å². The van der Waals surface area contributed by atoms with Crippen LogP contribution in [0.25, 0.3) is 10.9 Å². The Kier molecular flexibility index (Phi) is 3.04. The van der Waals surface area contributed by atoms with Crippen molar-refractivity contribution in [2.75, 3.05) is 5.88 Å². The third kappa shape index (κ3) is 1.90. The number of aromatic nitrogens is 2. The van der Waals surface area contributed by atoms with Crippen molar-refractivity contribution in [3.63, 3.8) is 0 Å². The van der Waals surface area contributed by atoms with Crippen molar-refractivity contribution < 1.29 is 0 Å². The molecule has 0 amide bonds. The molecular formula is C11H13ClN2. The molecule has 2 heterocycles. The number of halogens is 1. The fourth-order valence-electron chi connectivity index (χ4n) is 1.64. The zero-order chi connectivity index (χ0) is 9.80. The van der Waals surface area contributed by atoms with Gasteiger partial charge in [-0.05, 0) is 30.9 Å². The summed E-state index contributed by atoms with van der Waals surface area (Å²) < 4.78 is 0. The van der Waals surface area contributed by atoms with Gasteiger partial charge >= 0.3 is 0 Å². The lowest BCUT2D eigenvalue weighted by Gasteiger charge is -1.96. The second-order valence-electron chi connectivity index (χ2n) is 3.38. The molecule has 0 aliphatic heterocycles. The molecule has 14 heavy (non-hydrogen) atoms. The van der Waals surface area contributed by atoms with Crippen molar-refractivity contribution in [3.05, 3.63) is 30.2 Å². The molecule has 74 valence electrons. The van der Waals surface area contributed by atoms with Crippen LogP contribution >= 0.6 is 11.6 Å². The second-order valence-corrected chi connectivity index (χ2v) is 3.76. The summed E-state index contributed by atoms with van der Waals surface area (Å²) in [6.45, 7) is 0. The average molecular weight is 209 g/mol. The maximum atomic E-state index is 5.64. The monoisotopic (exact) mass is 208 g/mol. The van der Waals surface area contributed by atoms with Gasteiger partial charge in [-0.3, -0.25) is 4.98 Å². The maximum Gasteiger partial charge on any atom is 0.0487 e. The average Bonchev–Trinajstić information content (AvgIpc) is 2.63. The molecule has 1 N–H and O–H groups in total. The number of nitrogens with one attached hydrogen (secondary N) is 1. The Balaban J connectivity index is 2.17. The number of aryl methyl sites for hydroxylation is 1. The number of hydrogen-bond donors (Lipinski definition) is 1. The number of hydrogen-bond acceptors (Lipinski definition) is 1. The molecule has 0 unspecified atom stereocenters. The SMILES string of the molecule is ClCCCCc1c[nH]c2ccncc12. The molecule has 0 bridgehead atoms. The Bertz CT molecular complexity index is 408. The second kappa shape index (κ2) is 4.47. The highest BCUT2D eigenvalue weighted by molar-refractivity contribution is 6.17. The van der Waals surface area contributed by atoms with Gasteiger partial charge in [0.15, 0.2) is 0 Å². The van der Waals surface area contributed by atoms with Crippen LogP contribution in [0.2, 0.25) is 0 Å². The van der Waals surface area contributed by atoms with Crippen molar-refractivity contribution in [1.29, 1.82) is 0 Å². The van der Waals surface area contributed by atoms with Crippen molar-refractivity contribution in [1.82, 2.24) is 9.97 Å². The number of H-pyrrole nitrogens is 1. The zero-order valence-electron chi connectivity index (χ0n) is 7.96. The van der Waals surface area contributed by atoms with Gasteiger partial charge in [0.1, 0.15) is 0 Å². The van der Waals surface area contributed by atoms with E-state index in [0.29, 0.717) is 0 Å². The minimum Gasteiger partial charge on any atom is -0.361 e. The quantitative estimate of drug-likeness (QED) is 0.607. The molecule has 0 aliphatic carbocycles. The molecule has 0 aliphatic rings. The predicted molar refractivity (Wildman–Crippen MR) is 59.8 cm³/mol. The molecule has 3 heteroatoms. The van der Waals surface area contributed by atoms with Gasteiger partial charge in [0.05, 0.1) is 0 Å². The van der Waals surface area contributed by atoms with Crippen LogP contribution in [0.1, 0.15) is 18.4 Å². The van der Waals surface area contributed by atoms with Crippen molar-refractivity contribution in [2.45, 2.75) is 19.3 Å². The van der Waals surface area contributed by atoms with Gasteiger partial charge in [-0.2, -0.15) is 0 Å². The Morgan fingerprint density at radius 1 is 1.36 bits per heavy atom. The Hall–Kier alpha value is -1.02. The third-order valence-corrected chi connectivity index (χ3v) is 2.67. The van der Waals surface area contributed by atoms with Gasteiger partial charge in [0.25, 0.3) is 0 Å². The van der Waals surface area contributed by atoms with E-state index in [1.165, 1.54) is 16.5 Å². The first kappa shape index (κ1) is 9.53. The Morgan fingerprint density at radius 3 is 3.14 bits per heavy atom. The molecule has 2 nitrogen and oxygen atoms in total. The number of alkyl halides is 1. The van der Waals surface area contributed by atoms with E-state index in [2.05, 4.69) is 16.2 Å². The summed E-state index contributed by atoms with van der Waals surface area (Å²) >= 11 is 5.64. The molecule has 0 saturated carbocycles. The standard InChI is InChI=1S/C11H13ClN2/c12-5-2-1-3-9-7-14-11-4-6-13-8-10(9)11/h4,6-8,14H,1-3,5H2. The molecule has 0 atom stereocenters. The molecule has 0 radical (unpaired) electrons. The van der Waals surface area contributed by atoms with E-state index in [-0.39, 0.29) is 0 Å². The minimum atomic E-state index is 0.751. The normalized spacial score (nSPS) is 10.9. The van der Waals surface area contributed by atoms with Gasteiger partial charge in [-0.15, -0.1) is 11.6 Å². The number of unbranched alkanes of at least 4 members (excludes halogenated alkanes) is 1. The van der Waals surface area contributed by atoms with Gasteiger partial charge in [-0.25, -0.2) is 0 Å². The van der Waals surface area contributed by atoms with Crippen LogP contribution in [-0.2, 0) is 6.42 Å². The molecule has 0 fully saturated rings. The van der Waals surface area contributed by atoms with E-state index in [9.17, 15) is 0 Å². The highest BCUT2D eigenvalue weighted by Crippen LogP contribution is 2.18. The van der Waals surface area contributed by atoms with E-state index in [1.807, 2.05) is 12.3 Å². The predicted octanol–water partition coefficient (Wildman–Crippen LogP) is 3.12. The smallest absolute Gasteiger partial charge is 0.0487 e. The van der Waals surface area contributed by atoms with Gasteiger partial charge < -0.3 is 4.98 Å². The number of aromatic amines is 1. The van der Waals surface area contributed by atoms with E-state index in [0.717, 1.165) is 25.1 Å². The first-order valence-corrected chi connectivity index (χ1v) is 5.41. The minimum absolute atomic E-state index is 0.751. The van der Waals surface area contributed by atoms with E-state index >= 15 is 0 Å². The van der Waals surface area contributed by atoms with Crippen LogP contribution in [0.4, 0.5) is 0 Å². The van der Waals surface area contributed by atoms with Crippen molar-refractivity contribution in [2.24, 2.45) is 0 Å². The van der Waals surface area contributed by atoms with Gasteiger partial charge in [0, 0.05) is 35.4 Å². The lowest BCUT2D eigenvalue weighted by Crippen LogP contribution is -1.84. The van der Waals surface area contributed by atoms with Gasteiger partial charge in [0.2, 0.25) is 0 Å². The number of nitrogens with zero attached hydrogens (tertiary/aromatic N) is 1. The van der Waals surface area contributed by atoms with Crippen LogP contribution in [0.3, 0.4) is 0 Å². The summed E-state index contributed by atoms with van der Waals surface area (Å²) in [4.78, 5) is 7.37. The molecule has 2 aromatic rings. The number of fused-ring (bicyclic) bond motifs is 1. The van der Waals surface area contributed by atoms with Crippen molar-refractivity contribution >= 4 is 22.5 Å². The summed E-state index contributed by atoms with van der Waals surface area (Å²) in [6.07, 6.45) is 9.10. The Morgan fingerprint density at radius 2 is 2.29 bits per heavy atom. The van der Waals surface area contributed by atoms with Crippen molar-refractivity contribution in [3.8, 4) is 0 Å². The largest absolute Gasteiger partial charge is 0.361 e. The van der Waals surface area contributed by atoms with Crippen LogP contribution in [0, 0.1) is 0 Å². The topological polar surface area (TPSA) is 28.7 Å².